The first-order valence-electron chi connectivity index (χ1n) is 3.39. The van der Waals surface area contributed by atoms with Crippen molar-refractivity contribution in [2.45, 2.75) is 0 Å². The summed E-state index contributed by atoms with van der Waals surface area (Å²) in [4.78, 5) is 1.23. The van der Waals surface area contributed by atoms with Crippen LogP contribution in [0.25, 0.3) is 0 Å². The molecule has 0 heterocycles. The molecule has 0 aromatic carbocycles. The quantitative estimate of drug-likeness (QED) is 0.339. The Kier molecular flexibility index (Phi) is 10.1. The van der Waals surface area contributed by atoms with E-state index in [4.69, 9.17) is 14.8 Å². The zero-order valence-electron chi connectivity index (χ0n) is 6.55. The molecule has 0 aliphatic rings. The Bertz CT molecular complexity index is 201. The number of nitrogens with zero attached hydrogens (tertiary/aromatic N) is 1. The molecule has 0 amide bonds. The van der Waals surface area contributed by atoms with Gasteiger partial charge < -0.3 is 10.2 Å². The summed E-state index contributed by atoms with van der Waals surface area (Å²) in [6.45, 7) is -0.203. The van der Waals surface area contributed by atoms with E-state index in [0.29, 0.717) is 0 Å². The molecule has 0 saturated heterocycles. The molecule has 0 aliphatic heterocycles. The number of aliphatic hydroxyl groups is 2. The number of hydrogen-bond acceptors (Lipinski definition) is 5. The van der Waals surface area contributed by atoms with E-state index in [1.165, 1.54) is 4.90 Å². The van der Waals surface area contributed by atoms with Gasteiger partial charge in [0.1, 0.15) is 5.88 Å². The van der Waals surface area contributed by atoms with Gasteiger partial charge in [-0.1, -0.05) is 0 Å². The fourth-order valence-electron chi connectivity index (χ4n) is 0.754. The van der Waals surface area contributed by atoms with Crippen molar-refractivity contribution in [1.29, 1.82) is 0 Å². The van der Waals surface area contributed by atoms with Crippen molar-refractivity contribution in [2.75, 3.05) is 32.2 Å². The molecule has 0 spiro atoms. The first-order chi connectivity index (χ1) is 5.49. The normalized spacial score (nSPS) is 11.4. The van der Waals surface area contributed by atoms with Crippen LogP contribution in [0.15, 0.2) is 0 Å². The molecule has 13 heavy (non-hydrogen) atoms. The molecule has 8 heteroatoms. The van der Waals surface area contributed by atoms with Crippen LogP contribution in [0.1, 0.15) is 0 Å². The molecule has 0 aromatic rings. The molecule has 0 fully saturated rings. The predicted octanol–water partition coefficient (Wildman–Crippen LogP) is -2.53. The second kappa shape index (κ2) is 8.13. The first kappa shape index (κ1) is 16.2. The molecule has 0 saturated carbocycles. The summed E-state index contributed by atoms with van der Waals surface area (Å²) in [6.07, 6.45) is 0. The van der Waals surface area contributed by atoms with Crippen molar-refractivity contribution >= 4 is 39.7 Å². The van der Waals surface area contributed by atoms with Crippen LogP contribution in [0.3, 0.4) is 0 Å². The zero-order valence-corrected chi connectivity index (χ0v) is 7.37. The van der Waals surface area contributed by atoms with Crippen molar-refractivity contribution in [1.82, 2.24) is 4.90 Å². The van der Waals surface area contributed by atoms with E-state index >= 15 is 0 Å². The van der Waals surface area contributed by atoms with Crippen LogP contribution in [-0.4, -0.2) is 89.8 Å². The summed E-state index contributed by atoms with van der Waals surface area (Å²) in [5.41, 5.74) is 0. The number of aliphatic hydroxyl groups excluding tert-OH is 2. The van der Waals surface area contributed by atoms with Crippen LogP contribution in [0.4, 0.5) is 0 Å². The van der Waals surface area contributed by atoms with E-state index in [9.17, 15) is 8.42 Å². The van der Waals surface area contributed by atoms with E-state index in [-0.39, 0.29) is 55.9 Å². The minimum atomic E-state index is -4.06. The summed E-state index contributed by atoms with van der Waals surface area (Å²) in [5, 5.41) is 16.9. The Morgan fingerprint density at radius 1 is 1.08 bits per heavy atom. The monoisotopic (exact) mass is 223 g/mol. The maximum atomic E-state index is 10.3. The van der Waals surface area contributed by atoms with Gasteiger partial charge in [-0.05, 0) is 0 Å². The molecule has 0 radical (unpaired) electrons. The Labute approximate surface area is 99.6 Å². The third-order valence-electron chi connectivity index (χ3n) is 1.18. The summed E-state index contributed by atoms with van der Waals surface area (Å²) in [6, 6.07) is 0. The SMILES string of the molecule is O=S(=O)(O)CN(CCO)CCO.[NaH]. The van der Waals surface area contributed by atoms with Gasteiger partial charge >= 0.3 is 29.6 Å². The molecule has 0 unspecified atom stereocenters. The van der Waals surface area contributed by atoms with Gasteiger partial charge in [0.05, 0.1) is 13.2 Å². The predicted molar refractivity (Wildman–Crippen MR) is 49.3 cm³/mol. The van der Waals surface area contributed by atoms with Gasteiger partial charge in [0.25, 0.3) is 10.1 Å². The van der Waals surface area contributed by atoms with Gasteiger partial charge in [-0.2, -0.15) is 8.42 Å². The summed E-state index contributed by atoms with van der Waals surface area (Å²) < 4.78 is 29.1. The van der Waals surface area contributed by atoms with E-state index in [1.54, 1.807) is 0 Å². The molecular formula is C5H14NNaO5S. The Balaban J connectivity index is 0. The topological polar surface area (TPSA) is 98.1 Å². The summed E-state index contributed by atoms with van der Waals surface area (Å²) in [5.74, 6) is -0.561. The standard InChI is InChI=1S/C5H13NO5S.Na.H/c7-3-1-6(2-4-8)5-12(9,10)11;;/h7-8H,1-5H2,(H,9,10,11);;. The molecule has 0 rings (SSSR count). The number of hydrogen-bond donors (Lipinski definition) is 3. The third-order valence-corrected chi connectivity index (χ3v) is 1.87. The van der Waals surface area contributed by atoms with Crippen LogP contribution < -0.4 is 0 Å². The fraction of sp³-hybridized carbons (Fsp3) is 1.00. The van der Waals surface area contributed by atoms with Crippen LogP contribution in [0.2, 0.25) is 0 Å². The van der Waals surface area contributed by atoms with Gasteiger partial charge in [0, 0.05) is 13.1 Å². The molecule has 0 atom stereocenters. The van der Waals surface area contributed by atoms with Crippen molar-refractivity contribution in [3.05, 3.63) is 0 Å². The van der Waals surface area contributed by atoms with E-state index in [1.807, 2.05) is 0 Å². The Morgan fingerprint density at radius 3 is 1.69 bits per heavy atom. The molecule has 0 aromatic heterocycles. The first-order valence-corrected chi connectivity index (χ1v) is 4.99. The van der Waals surface area contributed by atoms with Crippen molar-refractivity contribution in [2.24, 2.45) is 0 Å². The zero-order chi connectivity index (χ0) is 9.61. The van der Waals surface area contributed by atoms with E-state index < -0.39 is 16.0 Å². The summed E-state index contributed by atoms with van der Waals surface area (Å²) in [7, 11) is -4.06. The Morgan fingerprint density at radius 2 is 1.46 bits per heavy atom. The molecule has 0 aliphatic carbocycles. The van der Waals surface area contributed by atoms with Gasteiger partial charge in [-0.3, -0.25) is 9.45 Å². The molecule has 3 N–H and O–H groups in total. The van der Waals surface area contributed by atoms with Crippen molar-refractivity contribution < 1.29 is 23.2 Å². The van der Waals surface area contributed by atoms with Gasteiger partial charge in [-0.15, -0.1) is 0 Å². The van der Waals surface area contributed by atoms with E-state index in [2.05, 4.69) is 0 Å². The summed E-state index contributed by atoms with van der Waals surface area (Å²) >= 11 is 0. The molecule has 6 nitrogen and oxygen atoms in total. The van der Waals surface area contributed by atoms with E-state index in [0.717, 1.165) is 0 Å². The number of rotatable bonds is 6. The second-order valence-corrected chi connectivity index (χ2v) is 3.70. The van der Waals surface area contributed by atoms with Crippen molar-refractivity contribution in [3.63, 3.8) is 0 Å². The Hall–Kier alpha value is 0.790. The van der Waals surface area contributed by atoms with Gasteiger partial charge in [-0.25, -0.2) is 0 Å². The van der Waals surface area contributed by atoms with Crippen LogP contribution in [-0.2, 0) is 10.1 Å². The molecular weight excluding hydrogens is 209 g/mol. The average Bonchev–Trinajstić information content (AvgIpc) is 1.84. The van der Waals surface area contributed by atoms with Crippen LogP contribution in [0.5, 0.6) is 0 Å². The third kappa shape index (κ3) is 10.7. The van der Waals surface area contributed by atoms with Crippen molar-refractivity contribution in [3.8, 4) is 0 Å². The average molecular weight is 223 g/mol. The maximum absolute atomic E-state index is 10.3. The fourth-order valence-corrected chi connectivity index (χ4v) is 1.47. The molecule has 0 bridgehead atoms. The molecule has 76 valence electrons. The van der Waals surface area contributed by atoms with Crippen LogP contribution in [0, 0.1) is 0 Å². The second-order valence-electron chi connectivity index (χ2n) is 2.28. The minimum absolute atomic E-state index is 0. The van der Waals surface area contributed by atoms with Gasteiger partial charge in [0.2, 0.25) is 0 Å². The van der Waals surface area contributed by atoms with Crippen LogP contribution >= 0.6 is 0 Å². The van der Waals surface area contributed by atoms with Gasteiger partial charge in [0.15, 0.2) is 0 Å².